The highest BCUT2D eigenvalue weighted by atomic mass is 32.1. The summed E-state index contributed by atoms with van der Waals surface area (Å²) in [5, 5.41) is 0.701. The van der Waals surface area contributed by atoms with Crippen molar-refractivity contribution in [3.63, 3.8) is 0 Å². The fourth-order valence-electron chi connectivity index (χ4n) is 0.503. The lowest BCUT2D eigenvalue weighted by Crippen LogP contribution is -1.88. The van der Waals surface area contributed by atoms with Crippen molar-refractivity contribution < 1.29 is 4.74 Å². The molecule has 0 amide bonds. The van der Waals surface area contributed by atoms with Crippen LogP contribution in [0.2, 0.25) is 0 Å². The molecule has 0 saturated carbocycles. The number of nitrogens with two attached hydrogens (primary N) is 1. The Morgan fingerprint density at radius 2 is 2.33 bits per heavy atom. The highest BCUT2D eigenvalue weighted by Gasteiger charge is 2.04. The molecule has 0 aliphatic rings. The lowest BCUT2D eigenvalue weighted by molar-refractivity contribution is 0.429. The summed E-state index contributed by atoms with van der Waals surface area (Å²) in [6.45, 7) is 1.86. The van der Waals surface area contributed by atoms with Gasteiger partial charge in [0.25, 0.3) is 0 Å². The van der Waals surface area contributed by atoms with Crippen molar-refractivity contribution in [1.82, 2.24) is 4.37 Å². The van der Waals surface area contributed by atoms with E-state index < -0.39 is 0 Å². The molecule has 1 aromatic heterocycles. The summed E-state index contributed by atoms with van der Waals surface area (Å²) in [7, 11) is 1.59. The molecule has 4 heteroatoms. The van der Waals surface area contributed by atoms with E-state index in [0.717, 1.165) is 5.69 Å². The van der Waals surface area contributed by atoms with Gasteiger partial charge in [0.15, 0.2) is 0 Å². The summed E-state index contributed by atoms with van der Waals surface area (Å²) in [6, 6.07) is 0. The van der Waals surface area contributed by atoms with Crippen LogP contribution < -0.4 is 10.5 Å². The second kappa shape index (κ2) is 2.23. The minimum absolute atomic E-state index is 0.655. The topological polar surface area (TPSA) is 48.1 Å². The Kier molecular flexibility index (Phi) is 1.57. The van der Waals surface area contributed by atoms with E-state index in [4.69, 9.17) is 10.5 Å². The van der Waals surface area contributed by atoms with Crippen LogP contribution in [0, 0.1) is 6.92 Å². The molecule has 0 atom stereocenters. The van der Waals surface area contributed by atoms with Crippen LogP contribution in [0.5, 0.6) is 5.06 Å². The minimum Gasteiger partial charge on any atom is -0.485 e. The molecular weight excluding hydrogens is 136 g/mol. The third-order valence-corrected chi connectivity index (χ3v) is 1.98. The van der Waals surface area contributed by atoms with Gasteiger partial charge in [0.05, 0.1) is 12.8 Å². The van der Waals surface area contributed by atoms with Crippen molar-refractivity contribution in [3.8, 4) is 5.06 Å². The molecule has 3 nitrogen and oxygen atoms in total. The van der Waals surface area contributed by atoms with Gasteiger partial charge < -0.3 is 10.5 Å². The second-order valence-corrected chi connectivity index (χ2v) is 2.41. The highest BCUT2D eigenvalue weighted by Crippen LogP contribution is 2.28. The van der Waals surface area contributed by atoms with Gasteiger partial charge >= 0.3 is 0 Å². The van der Waals surface area contributed by atoms with E-state index in [1.54, 1.807) is 7.11 Å². The average Bonchev–Trinajstić information content (AvgIpc) is 2.15. The predicted octanol–water partition coefficient (Wildman–Crippen LogP) is 1.04. The van der Waals surface area contributed by atoms with Crippen molar-refractivity contribution in [2.24, 2.45) is 0 Å². The van der Waals surface area contributed by atoms with E-state index in [1.807, 2.05) is 6.92 Å². The van der Waals surface area contributed by atoms with Crippen molar-refractivity contribution >= 4 is 17.2 Å². The van der Waals surface area contributed by atoms with Gasteiger partial charge in [0.2, 0.25) is 5.06 Å². The van der Waals surface area contributed by atoms with Gasteiger partial charge in [-0.2, -0.15) is 4.37 Å². The molecule has 0 aliphatic heterocycles. The zero-order valence-corrected chi connectivity index (χ0v) is 6.16. The number of ether oxygens (including phenoxy) is 1. The van der Waals surface area contributed by atoms with Crippen LogP contribution in [0.25, 0.3) is 0 Å². The monoisotopic (exact) mass is 144 g/mol. The largest absolute Gasteiger partial charge is 0.485 e. The van der Waals surface area contributed by atoms with Gasteiger partial charge in [-0.05, 0) is 6.92 Å². The number of methoxy groups -OCH3 is 1. The molecule has 50 valence electrons. The summed E-state index contributed by atoms with van der Waals surface area (Å²) >= 11 is 1.28. The quantitative estimate of drug-likeness (QED) is 0.640. The maximum Gasteiger partial charge on any atom is 0.216 e. The summed E-state index contributed by atoms with van der Waals surface area (Å²) < 4.78 is 8.88. The fraction of sp³-hybridized carbons (Fsp3) is 0.400. The van der Waals surface area contributed by atoms with Crippen molar-refractivity contribution in [1.29, 1.82) is 0 Å². The van der Waals surface area contributed by atoms with Crippen LogP contribution in [0.4, 0.5) is 5.69 Å². The highest BCUT2D eigenvalue weighted by molar-refractivity contribution is 7.08. The summed E-state index contributed by atoms with van der Waals surface area (Å²) in [5.41, 5.74) is 7.04. The summed E-state index contributed by atoms with van der Waals surface area (Å²) in [4.78, 5) is 0. The molecule has 2 N–H and O–H groups in total. The number of anilines is 1. The first-order valence-corrected chi connectivity index (χ1v) is 3.28. The van der Waals surface area contributed by atoms with Gasteiger partial charge in [0.1, 0.15) is 5.69 Å². The fourth-order valence-corrected chi connectivity index (χ4v) is 1.14. The van der Waals surface area contributed by atoms with Crippen LogP contribution in [-0.2, 0) is 0 Å². The van der Waals surface area contributed by atoms with Crippen LogP contribution in [0.15, 0.2) is 0 Å². The standard InChI is InChI=1S/C5H8N2OS/c1-3-4(6)5(8-2)9-7-3/h6H2,1-2H3. The molecule has 0 aromatic carbocycles. The zero-order valence-electron chi connectivity index (χ0n) is 5.34. The molecule has 0 aliphatic carbocycles. The third kappa shape index (κ3) is 0.977. The number of nitrogen functional groups attached to an aromatic ring is 1. The Morgan fingerprint density at radius 3 is 2.56 bits per heavy atom. The first-order valence-electron chi connectivity index (χ1n) is 2.51. The molecule has 9 heavy (non-hydrogen) atoms. The minimum atomic E-state index is 0.655. The van der Waals surface area contributed by atoms with E-state index >= 15 is 0 Å². The van der Waals surface area contributed by atoms with Crippen molar-refractivity contribution in [3.05, 3.63) is 5.69 Å². The first-order chi connectivity index (χ1) is 4.25. The van der Waals surface area contributed by atoms with Crippen LogP contribution in [-0.4, -0.2) is 11.5 Å². The molecule has 1 rings (SSSR count). The average molecular weight is 144 g/mol. The number of nitrogens with zero attached hydrogens (tertiary/aromatic N) is 1. The number of hydrogen-bond acceptors (Lipinski definition) is 4. The van der Waals surface area contributed by atoms with Gasteiger partial charge in [-0.25, -0.2) is 0 Å². The van der Waals surface area contributed by atoms with E-state index in [1.165, 1.54) is 11.5 Å². The number of hydrogen-bond donors (Lipinski definition) is 1. The number of rotatable bonds is 1. The number of aromatic nitrogens is 1. The normalized spacial score (nSPS) is 9.56. The first kappa shape index (κ1) is 6.35. The molecule has 1 aromatic rings. The third-order valence-electron chi connectivity index (χ3n) is 1.06. The van der Waals surface area contributed by atoms with Crippen molar-refractivity contribution in [2.45, 2.75) is 6.92 Å². The Bertz CT molecular complexity index is 209. The van der Waals surface area contributed by atoms with Gasteiger partial charge in [-0.3, -0.25) is 0 Å². The van der Waals surface area contributed by atoms with E-state index in [2.05, 4.69) is 4.37 Å². The smallest absolute Gasteiger partial charge is 0.216 e. The maximum absolute atomic E-state index is 5.54. The summed E-state index contributed by atoms with van der Waals surface area (Å²) in [5.74, 6) is 0. The lowest BCUT2D eigenvalue weighted by atomic mass is 10.4. The Morgan fingerprint density at radius 1 is 1.67 bits per heavy atom. The van der Waals surface area contributed by atoms with Crippen molar-refractivity contribution in [2.75, 3.05) is 12.8 Å². The molecular formula is C5H8N2OS. The molecule has 0 fully saturated rings. The SMILES string of the molecule is COc1snc(C)c1N. The molecule has 0 spiro atoms. The van der Waals surface area contributed by atoms with E-state index in [-0.39, 0.29) is 0 Å². The lowest BCUT2D eigenvalue weighted by Gasteiger charge is -1.92. The zero-order chi connectivity index (χ0) is 6.85. The van der Waals surface area contributed by atoms with Crippen LogP contribution >= 0.6 is 11.5 Å². The molecule has 0 bridgehead atoms. The van der Waals surface area contributed by atoms with E-state index in [0.29, 0.717) is 10.8 Å². The van der Waals surface area contributed by atoms with Crippen LogP contribution in [0.1, 0.15) is 5.69 Å². The molecule has 0 saturated heterocycles. The summed E-state index contributed by atoms with van der Waals surface area (Å²) in [6.07, 6.45) is 0. The molecule has 1 heterocycles. The molecule has 0 unspecified atom stereocenters. The predicted molar refractivity (Wildman–Crippen MR) is 37.8 cm³/mol. The van der Waals surface area contributed by atoms with Crippen LogP contribution in [0.3, 0.4) is 0 Å². The second-order valence-electron chi connectivity index (χ2n) is 1.67. The Hall–Kier alpha value is -0.770. The molecule has 0 radical (unpaired) electrons. The Balaban J connectivity index is 3.04. The van der Waals surface area contributed by atoms with Gasteiger partial charge in [0, 0.05) is 11.5 Å². The van der Waals surface area contributed by atoms with Gasteiger partial charge in [-0.1, -0.05) is 0 Å². The maximum atomic E-state index is 5.54. The number of aryl methyl sites for hydroxylation is 1. The Labute approximate surface area is 57.6 Å². The van der Waals surface area contributed by atoms with E-state index in [9.17, 15) is 0 Å². The van der Waals surface area contributed by atoms with Gasteiger partial charge in [-0.15, -0.1) is 0 Å².